The molecular formula is C16H23NO3S. The molecule has 1 aliphatic rings. The number of benzene rings is 1. The highest BCUT2D eigenvalue weighted by Gasteiger charge is 2.30. The molecular weight excluding hydrogens is 286 g/mol. The molecule has 0 saturated carbocycles. The standard InChI is InChI=1S/C16H23NO3S/c1-12-9-13(2)11-14(10-12)15-5-4-7-17(15)16(18)6-8-21(3,19)20/h9-11,15H,4-8H2,1-3H3. The number of aryl methyl sites for hydroxylation is 2. The number of amides is 1. The Hall–Kier alpha value is -1.36. The first-order valence-corrected chi connectivity index (χ1v) is 9.38. The van der Waals surface area contributed by atoms with E-state index in [-0.39, 0.29) is 24.1 Å². The first-order valence-electron chi connectivity index (χ1n) is 7.31. The SMILES string of the molecule is Cc1cc(C)cc(C2CCCN2C(=O)CCS(C)(=O)=O)c1. The lowest BCUT2D eigenvalue weighted by Crippen LogP contribution is -2.31. The lowest BCUT2D eigenvalue weighted by Gasteiger charge is -2.25. The van der Waals surface area contributed by atoms with Gasteiger partial charge in [0.25, 0.3) is 0 Å². The van der Waals surface area contributed by atoms with Crippen molar-refractivity contribution in [1.29, 1.82) is 0 Å². The van der Waals surface area contributed by atoms with Crippen molar-refractivity contribution < 1.29 is 13.2 Å². The maximum Gasteiger partial charge on any atom is 0.224 e. The van der Waals surface area contributed by atoms with E-state index in [4.69, 9.17) is 0 Å². The fourth-order valence-electron chi connectivity index (χ4n) is 3.03. The summed E-state index contributed by atoms with van der Waals surface area (Å²) in [7, 11) is -3.09. The molecule has 1 unspecified atom stereocenters. The zero-order valence-corrected chi connectivity index (χ0v) is 13.7. The first-order chi connectivity index (χ1) is 9.76. The molecule has 1 aromatic carbocycles. The number of rotatable bonds is 4. The van der Waals surface area contributed by atoms with Crippen LogP contribution in [0.25, 0.3) is 0 Å². The molecule has 0 spiro atoms. The van der Waals surface area contributed by atoms with E-state index in [9.17, 15) is 13.2 Å². The van der Waals surface area contributed by atoms with Crippen LogP contribution >= 0.6 is 0 Å². The average molecular weight is 309 g/mol. The van der Waals surface area contributed by atoms with Gasteiger partial charge in [0.1, 0.15) is 9.84 Å². The van der Waals surface area contributed by atoms with Crippen LogP contribution in [-0.2, 0) is 14.6 Å². The molecule has 0 bridgehead atoms. The average Bonchev–Trinajstić information content (AvgIpc) is 2.83. The summed E-state index contributed by atoms with van der Waals surface area (Å²) in [5.74, 6) is -0.121. The lowest BCUT2D eigenvalue weighted by molar-refractivity contribution is -0.131. The van der Waals surface area contributed by atoms with Crippen LogP contribution in [0.4, 0.5) is 0 Å². The van der Waals surface area contributed by atoms with Gasteiger partial charge in [-0.15, -0.1) is 0 Å². The maximum absolute atomic E-state index is 12.3. The Morgan fingerprint density at radius 2 is 1.86 bits per heavy atom. The van der Waals surface area contributed by atoms with Crippen LogP contribution in [0.5, 0.6) is 0 Å². The van der Waals surface area contributed by atoms with Gasteiger partial charge in [0.05, 0.1) is 11.8 Å². The lowest BCUT2D eigenvalue weighted by atomic mass is 9.99. The van der Waals surface area contributed by atoms with E-state index in [1.165, 1.54) is 17.4 Å². The molecule has 2 rings (SSSR count). The summed E-state index contributed by atoms with van der Waals surface area (Å²) in [6, 6.07) is 6.46. The van der Waals surface area contributed by atoms with E-state index in [1.807, 2.05) is 4.90 Å². The molecule has 21 heavy (non-hydrogen) atoms. The minimum atomic E-state index is -3.09. The number of carbonyl (C=O) groups is 1. The molecule has 1 aromatic rings. The third-order valence-electron chi connectivity index (χ3n) is 3.89. The molecule has 1 atom stereocenters. The Morgan fingerprint density at radius 3 is 2.43 bits per heavy atom. The monoisotopic (exact) mass is 309 g/mol. The van der Waals surface area contributed by atoms with E-state index in [2.05, 4.69) is 32.0 Å². The van der Waals surface area contributed by atoms with Gasteiger partial charge in [0, 0.05) is 19.2 Å². The highest BCUT2D eigenvalue weighted by molar-refractivity contribution is 7.90. The summed E-state index contributed by atoms with van der Waals surface area (Å²) < 4.78 is 22.4. The second-order valence-electron chi connectivity index (χ2n) is 6.05. The third kappa shape index (κ3) is 4.30. The topological polar surface area (TPSA) is 54.5 Å². The number of hydrogen-bond acceptors (Lipinski definition) is 3. The van der Waals surface area contributed by atoms with Gasteiger partial charge >= 0.3 is 0 Å². The number of hydrogen-bond donors (Lipinski definition) is 0. The van der Waals surface area contributed by atoms with Gasteiger partial charge in [-0.05, 0) is 32.3 Å². The van der Waals surface area contributed by atoms with Gasteiger partial charge in [0.15, 0.2) is 0 Å². The summed E-state index contributed by atoms with van der Waals surface area (Å²) in [5, 5.41) is 0. The smallest absolute Gasteiger partial charge is 0.224 e. The fraction of sp³-hybridized carbons (Fsp3) is 0.562. The van der Waals surface area contributed by atoms with Crippen LogP contribution in [-0.4, -0.2) is 37.8 Å². The van der Waals surface area contributed by atoms with Gasteiger partial charge in [-0.2, -0.15) is 0 Å². The second-order valence-corrected chi connectivity index (χ2v) is 8.31. The zero-order chi connectivity index (χ0) is 15.6. The molecule has 5 heteroatoms. The fourth-order valence-corrected chi connectivity index (χ4v) is 3.58. The van der Waals surface area contributed by atoms with Gasteiger partial charge < -0.3 is 4.90 Å². The van der Waals surface area contributed by atoms with Crippen molar-refractivity contribution >= 4 is 15.7 Å². The molecule has 0 aromatic heterocycles. The van der Waals surface area contributed by atoms with Gasteiger partial charge in [-0.3, -0.25) is 4.79 Å². The molecule has 0 N–H and O–H groups in total. The minimum Gasteiger partial charge on any atom is -0.336 e. The van der Waals surface area contributed by atoms with Crippen LogP contribution in [0.3, 0.4) is 0 Å². The Kier molecular flexibility index (Phi) is 4.71. The van der Waals surface area contributed by atoms with Crippen LogP contribution in [0, 0.1) is 13.8 Å². The summed E-state index contributed by atoms with van der Waals surface area (Å²) >= 11 is 0. The summed E-state index contributed by atoms with van der Waals surface area (Å²) in [6.45, 7) is 4.84. The number of likely N-dealkylation sites (tertiary alicyclic amines) is 1. The Bertz CT molecular complexity index is 617. The van der Waals surface area contributed by atoms with Gasteiger partial charge in [0.2, 0.25) is 5.91 Å². The largest absolute Gasteiger partial charge is 0.336 e. The number of sulfone groups is 1. The summed E-state index contributed by atoms with van der Waals surface area (Å²) in [6.07, 6.45) is 3.18. The molecule has 1 aliphatic heterocycles. The molecule has 0 radical (unpaired) electrons. The molecule has 4 nitrogen and oxygen atoms in total. The predicted molar refractivity (Wildman–Crippen MR) is 83.9 cm³/mol. The van der Waals surface area contributed by atoms with E-state index in [0.29, 0.717) is 0 Å². The van der Waals surface area contributed by atoms with Crippen molar-refractivity contribution in [2.75, 3.05) is 18.6 Å². The highest BCUT2D eigenvalue weighted by atomic mass is 32.2. The Balaban J connectivity index is 2.14. The maximum atomic E-state index is 12.3. The predicted octanol–water partition coefficient (Wildman–Crippen LogP) is 2.40. The molecule has 1 saturated heterocycles. The quantitative estimate of drug-likeness (QED) is 0.858. The summed E-state index contributed by atoms with van der Waals surface area (Å²) in [5.41, 5.74) is 3.55. The van der Waals surface area contributed by atoms with Gasteiger partial charge in [-0.25, -0.2) is 8.42 Å². The summed E-state index contributed by atoms with van der Waals surface area (Å²) in [4.78, 5) is 14.2. The van der Waals surface area contributed by atoms with Crippen LogP contribution in [0.2, 0.25) is 0 Å². The van der Waals surface area contributed by atoms with Crippen molar-refractivity contribution in [1.82, 2.24) is 4.90 Å². The van der Waals surface area contributed by atoms with Crippen LogP contribution in [0.1, 0.15) is 42.0 Å². The minimum absolute atomic E-state index is 0.0536. The van der Waals surface area contributed by atoms with E-state index in [1.54, 1.807) is 0 Å². The van der Waals surface area contributed by atoms with Crippen LogP contribution in [0.15, 0.2) is 18.2 Å². The van der Waals surface area contributed by atoms with Crippen molar-refractivity contribution in [3.8, 4) is 0 Å². The van der Waals surface area contributed by atoms with Crippen molar-refractivity contribution in [2.24, 2.45) is 0 Å². The molecule has 1 fully saturated rings. The molecule has 0 aliphatic carbocycles. The number of carbonyl (C=O) groups excluding carboxylic acids is 1. The molecule has 1 heterocycles. The van der Waals surface area contributed by atoms with Crippen molar-refractivity contribution in [3.63, 3.8) is 0 Å². The van der Waals surface area contributed by atoms with Crippen molar-refractivity contribution in [3.05, 3.63) is 34.9 Å². The normalized spacial score (nSPS) is 19.0. The van der Waals surface area contributed by atoms with Crippen LogP contribution < -0.4 is 0 Å². The van der Waals surface area contributed by atoms with E-state index >= 15 is 0 Å². The van der Waals surface area contributed by atoms with Crippen molar-refractivity contribution in [2.45, 2.75) is 39.2 Å². The Labute approximate surface area is 127 Å². The molecule has 116 valence electrons. The Morgan fingerprint density at radius 1 is 1.24 bits per heavy atom. The zero-order valence-electron chi connectivity index (χ0n) is 12.9. The molecule has 1 amide bonds. The van der Waals surface area contributed by atoms with E-state index in [0.717, 1.165) is 24.9 Å². The number of nitrogens with zero attached hydrogens (tertiary/aromatic N) is 1. The third-order valence-corrected chi connectivity index (χ3v) is 4.83. The second kappa shape index (κ2) is 6.18. The first kappa shape index (κ1) is 16.0. The van der Waals surface area contributed by atoms with E-state index < -0.39 is 9.84 Å². The van der Waals surface area contributed by atoms with Gasteiger partial charge in [-0.1, -0.05) is 29.3 Å². The highest BCUT2D eigenvalue weighted by Crippen LogP contribution is 2.33.